The van der Waals surface area contributed by atoms with Gasteiger partial charge in [-0.3, -0.25) is 9.59 Å². The minimum absolute atomic E-state index is 0.0175. The molecule has 7 heteroatoms. The highest BCUT2D eigenvalue weighted by Crippen LogP contribution is 2.17. The van der Waals surface area contributed by atoms with Crippen molar-refractivity contribution in [3.8, 4) is 11.5 Å². The molecule has 1 aromatic rings. The zero-order chi connectivity index (χ0) is 16.7. The van der Waals surface area contributed by atoms with Crippen molar-refractivity contribution in [2.45, 2.75) is 6.42 Å². The zero-order valence-corrected chi connectivity index (χ0v) is 13.4. The smallest absolute Gasteiger partial charge is 0.236 e. The second-order valence-corrected chi connectivity index (χ2v) is 5.24. The first kappa shape index (κ1) is 17.1. The van der Waals surface area contributed by atoms with Gasteiger partial charge < -0.3 is 25.0 Å². The second-order valence-electron chi connectivity index (χ2n) is 5.24. The van der Waals surface area contributed by atoms with Gasteiger partial charge in [-0.15, -0.1) is 0 Å². The summed E-state index contributed by atoms with van der Waals surface area (Å²) >= 11 is 0. The minimum Gasteiger partial charge on any atom is -0.497 e. The van der Waals surface area contributed by atoms with Crippen molar-refractivity contribution < 1.29 is 19.1 Å². The van der Waals surface area contributed by atoms with Crippen molar-refractivity contribution >= 4 is 11.8 Å². The van der Waals surface area contributed by atoms with E-state index in [2.05, 4.69) is 0 Å². The molecule has 1 aliphatic heterocycles. The lowest BCUT2D eigenvalue weighted by Crippen LogP contribution is -2.52. The van der Waals surface area contributed by atoms with Gasteiger partial charge in [-0.1, -0.05) is 0 Å². The van der Waals surface area contributed by atoms with E-state index in [-0.39, 0.29) is 18.4 Å². The molecule has 0 saturated carbocycles. The van der Waals surface area contributed by atoms with Gasteiger partial charge in [-0.25, -0.2) is 0 Å². The molecule has 7 nitrogen and oxygen atoms in total. The Morgan fingerprint density at radius 3 is 2.04 bits per heavy atom. The molecule has 1 saturated heterocycles. The zero-order valence-electron chi connectivity index (χ0n) is 13.4. The van der Waals surface area contributed by atoms with E-state index in [1.807, 2.05) is 12.1 Å². The Morgan fingerprint density at radius 2 is 1.52 bits per heavy atom. The first-order valence-corrected chi connectivity index (χ1v) is 7.66. The molecule has 126 valence electrons. The predicted octanol–water partition coefficient (Wildman–Crippen LogP) is 0.0936. The SMILES string of the molecule is COc1ccc(OCCC(=O)N2CCN(C(=O)CN)CC2)cc1. The number of hydrogen-bond acceptors (Lipinski definition) is 5. The average molecular weight is 321 g/mol. The molecule has 2 rings (SSSR count). The van der Waals surface area contributed by atoms with Crippen LogP contribution >= 0.6 is 0 Å². The topological polar surface area (TPSA) is 85.1 Å². The average Bonchev–Trinajstić information content (AvgIpc) is 2.61. The number of nitrogens with two attached hydrogens (primary N) is 1. The van der Waals surface area contributed by atoms with Crippen LogP contribution in [-0.4, -0.2) is 68.1 Å². The van der Waals surface area contributed by atoms with E-state index in [1.54, 1.807) is 29.0 Å². The maximum absolute atomic E-state index is 12.1. The van der Waals surface area contributed by atoms with Crippen LogP contribution in [0.3, 0.4) is 0 Å². The lowest BCUT2D eigenvalue weighted by atomic mass is 10.2. The highest BCUT2D eigenvalue weighted by Gasteiger charge is 2.23. The van der Waals surface area contributed by atoms with E-state index in [4.69, 9.17) is 15.2 Å². The van der Waals surface area contributed by atoms with Crippen molar-refractivity contribution in [1.29, 1.82) is 0 Å². The van der Waals surface area contributed by atoms with Crippen molar-refractivity contribution in [3.05, 3.63) is 24.3 Å². The van der Waals surface area contributed by atoms with Crippen molar-refractivity contribution in [1.82, 2.24) is 9.80 Å². The summed E-state index contributed by atoms with van der Waals surface area (Å²) in [5, 5.41) is 0. The van der Waals surface area contributed by atoms with Crippen LogP contribution in [0, 0.1) is 0 Å². The number of nitrogens with zero attached hydrogens (tertiary/aromatic N) is 2. The summed E-state index contributed by atoms with van der Waals surface area (Å²) in [7, 11) is 1.61. The van der Waals surface area contributed by atoms with Crippen molar-refractivity contribution in [2.24, 2.45) is 5.73 Å². The number of hydrogen-bond donors (Lipinski definition) is 1. The Labute approximate surface area is 135 Å². The second kappa shape index (κ2) is 8.38. The van der Waals surface area contributed by atoms with E-state index in [0.29, 0.717) is 45.0 Å². The van der Waals surface area contributed by atoms with E-state index >= 15 is 0 Å². The van der Waals surface area contributed by atoms with E-state index in [9.17, 15) is 9.59 Å². The molecule has 1 aliphatic rings. The molecule has 1 fully saturated rings. The first-order chi connectivity index (χ1) is 11.1. The molecule has 2 amide bonds. The van der Waals surface area contributed by atoms with Crippen LogP contribution in [0.1, 0.15) is 6.42 Å². The molecule has 0 unspecified atom stereocenters. The molecule has 0 spiro atoms. The number of ether oxygens (including phenoxy) is 2. The van der Waals surface area contributed by atoms with Crippen LogP contribution < -0.4 is 15.2 Å². The van der Waals surface area contributed by atoms with Gasteiger partial charge in [-0.2, -0.15) is 0 Å². The molecule has 0 atom stereocenters. The van der Waals surface area contributed by atoms with Crippen molar-refractivity contribution in [3.63, 3.8) is 0 Å². The number of carbonyl (C=O) groups excluding carboxylic acids is 2. The third kappa shape index (κ3) is 4.85. The molecular weight excluding hydrogens is 298 g/mol. The van der Waals surface area contributed by atoms with E-state index in [1.165, 1.54) is 0 Å². The summed E-state index contributed by atoms with van der Waals surface area (Å²) in [6, 6.07) is 7.23. The lowest BCUT2D eigenvalue weighted by molar-refractivity contribution is -0.139. The largest absolute Gasteiger partial charge is 0.497 e. The maximum atomic E-state index is 12.1. The molecule has 1 heterocycles. The van der Waals surface area contributed by atoms with Crippen LogP contribution in [-0.2, 0) is 9.59 Å². The molecule has 0 bridgehead atoms. The van der Waals surface area contributed by atoms with E-state index < -0.39 is 0 Å². The summed E-state index contributed by atoms with van der Waals surface area (Å²) in [6.45, 7) is 2.53. The summed E-state index contributed by atoms with van der Waals surface area (Å²) in [6.07, 6.45) is 0.316. The molecular formula is C16H23N3O4. The third-order valence-electron chi connectivity index (χ3n) is 3.80. The van der Waals surface area contributed by atoms with Crippen LogP contribution in [0.2, 0.25) is 0 Å². The van der Waals surface area contributed by atoms with Crippen LogP contribution in [0.4, 0.5) is 0 Å². The number of piperazine rings is 1. The fourth-order valence-electron chi connectivity index (χ4n) is 2.42. The number of methoxy groups -OCH3 is 1. The Morgan fingerprint density at radius 1 is 1.00 bits per heavy atom. The normalized spacial score (nSPS) is 14.5. The van der Waals surface area contributed by atoms with Gasteiger partial charge in [0.2, 0.25) is 11.8 Å². The highest BCUT2D eigenvalue weighted by atomic mass is 16.5. The van der Waals surface area contributed by atoms with Crippen LogP contribution in [0.15, 0.2) is 24.3 Å². The minimum atomic E-state index is -0.0695. The third-order valence-corrected chi connectivity index (χ3v) is 3.80. The number of amides is 2. The van der Waals surface area contributed by atoms with Gasteiger partial charge >= 0.3 is 0 Å². The van der Waals surface area contributed by atoms with Crippen LogP contribution in [0.5, 0.6) is 11.5 Å². The van der Waals surface area contributed by atoms with E-state index in [0.717, 1.165) is 5.75 Å². The fourth-order valence-corrected chi connectivity index (χ4v) is 2.42. The molecule has 2 N–H and O–H groups in total. The Bertz CT molecular complexity index is 525. The number of rotatable bonds is 6. The Hall–Kier alpha value is -2.28. The predicted molar refractivity (Wildman–Crippen MR) is 85.3 cm³/mol. The lowest BCUT2D eigenvalue weighted by Gasteiger charge is -2.34. The summed E-state index contributed by atoms with van der Waals surface area (Å²) in [5.74, 6) is 1.44. The molecule has 0 aliphatic carbocycles. The van der Waals surface area contributed by atoms with Crippen LogP contribution in [0.25, 0.3) is 0 Å². The first-order valence-electron chi connectivity index (χ1n) is 7.66. The Balaban J connectivity index is 1.70. The van der Waals surface area contributed by atoms with Gasteiger partial charge in [-0.05, 0) is 24.3 Å². The number of carbonyl (C=O) groups is 2. The standard InChI is InChI=1S/C16H23N3O4/c1-22-13-2-4-14(5-3-13)23-11-6-15(20)18-7-9-19(10-8-18)16(21)12-17/h2-5H,6-12,17H2,1H3. The van der Waals surface area contributed by atoms with Gasteiger partial charge in [0, 0.05) is 26.2 Å². The maximum Gasteiger partial charge on any atom is 0.236 e. The molecule has 0 radical (unpaired) electrons. The summed E-state index contributed by atoms with van der Waals surface area (Å²) in [5.41, 5.74) is 5.34. The van der Waals surface area contributed by atoms with Gasteiger partial charge in [0.05, 0.1) is 26.7 Å². The highest BCUT2D eigenvalue weighted by molar-refractivity contribution is 5.79. The number of benzene rings is 1. The van der Waals surface area contributed by atoms with Gasteiger partial charge in [0.1, 0.15) is 11.5 Å². The molecule has 0 aromatic heterocycles. The Kier molecular flexibility index (Phi) is 6.22. The summed E-state index contributed by atoms with van der Waals surface area (Å²) < 4.78 is 10.6. The molecule has 23 heavy (non-hydrogen) atoms. The van der Waals surface area contributed by atoms with Crippen molar-refractivity contribution in [2.75, 3.05) is 46.4 Å². The van der Waals surface area contributed by atoms with Gasteiger partial charge in [0.25, 0.3) is 0 Å². The quantitative estimate of drug-likeness (QED) is 0.803. The van der Waals surface area contributed by atoms with Gasteiger partial charge in [0.15, 0.2) is 0 Å². The fraction of sp³-hybridized carbons (Fsp3) is 0.500. The summed E-state index contributed by atoms with van der Waals surface area (Å²) in [4.78, 5) is 27.1. The molecule has 1 aromatic carbocycles. The monoisotopic (exact) mass is 321 g/mol.